The van der Waals surface area contributed by atoms with E-state index in [9.17, 15) is 29.9 Å². The molecule has 0 heterocycles. The lowest BCUT2D eigenvalue weighted by Gasteiger charge is -2.20. The second-order valence-corrected chi connectivity index (χ2v) is 7.30. The van der Waals surface area contributed by atoms with Gasteiger partial charge in [0.1, 0.15) is 0 Å². The highest BCUT2D eigenvalue weighted by molar-refractivity contribution is 5.82. The summed E-state index contributed by atoms with van der Waals surface area (Å²) in [7, 11) is 0. The first-order chi connectivity index (χ1) is 13.8. The van der Waals surface area contributed by atoms with Crippen LogP contribution < -0.4 is 10.4 Å². The average molecular weight is 407 g/mol. The molecule has 0 aliphatic carbocycles. The summed E-state index contributed by atoms with van der Waals surface area (Å²) < 4.78 is 0. The highest BCUT2D eigenvalue weighted by Crippen LogP contribution is 2.26. The molecule has 29 heavy (non-hydrogen) atoms. The van der Waals surface area contributed by atoms with E-state index in [0.717, 1.165) is 31.4 Å². The van der Waals surface area contributed by atoms with Crippen LogP contribution in [0.5, 0.6) is 5.75 Å². The molecule has 0 aliphatic rings. The maximum absolute atomic E-state index is 12.0. The van der Waals surface area contributed by atoms with Crippen molar-refractivity contribution in [3.63, 3.8) is 0 Å². The fraction of sp³-hybridized carbons (Fsp3) is 0.619. The smallest absolute Gasteiger partial charge is 0.310 e. The molecule has 0 radical (unpaired) electrons. The first kappa shape index (κ1) is 24.4. The number of nitrogens with zero attached hydrogens (tertiary/aromatic N) is 1. The van der Waals surface area contributed by atoms with E-state index >= 15 is 0 Å². The van der Waals surface area contributed by atoms with E-state index < -0.39 is 28.4 Å². The van der Waals surface area contributed by atoms with Gasteiger partial charge in [0.2, 0.25) is 5.91 Å². The third kappa shape index (κ3) is 9.91. The number of carbonyl (C=O) groups excluding carboxylic acids is 2. The van der Waals surface area contributed by atoms with Crippen molar-refractivity contribution in [1.29, 1.82) is 0 Å². The molecule has 1 rings (SSSR count). The molecule has 8 heteroatoms. The number of rotatable bonds is 15. The van der Waals surface area contributed by atoms with Gasteiger partial charge in [0.15, 0.2) is 5.75 Å². The Labute approximate surface area is 171 Å². The number of phenolic OH excluding ortho intramolecular Hbond substituents is 1. The molecule has 0 spiro atoms. The average Bonchev–Trinajstić information content (AvgIpc) is 2.67. The lowest BCUT2D eigenvalue weighted by molar-refractivity contribution is -0.385. The van der Waals surface area contributed by atoms with Crippen molar-refractivity contribution in [2.24, 2.45) is 0 Å². The summed E-state index contributed by atoms with van der Waals surface area (Å²) in [5.41, 5.74) is -0.201. The third-order valence-corrected chi connectivity index (χ3v) is 4.80. The Morgan fingerprint density at radius 1 is 1.07 bits per heavy atom. The minimum absolute atomic E-state index is 0.160. The van der Waals surface area contributed by atoms with Crippen LogP contribution in [0.1, 0.15) is 76.7 Å². The van der Waals surface area contributed by atoms with Crippen LogP contribution >= 0.6 is 0 Å². The van der Waals surface area contributed by atoms with Gasteiger partial charge in [0.05, 0.1) is 16.9 Å². The van der Waals surface area contributed by atoms with Crippen molar-refractivity contribution in [2.75, 3.05) is 0 Å². The monoisotopic (exact) mass is 407 g/mol. The van der Waals surface area contributed by atoms with Crippen LogP contribution in [0.4, 0.5) is 5.69 Å². The standard InChI is InChI=1S/C21H32N2O6/c1-2-3-4-5-6-7-8-9-10-11-20(25)22-17(21(26)27)14-16-12-13-19(24)18(15-16)23(28)29/h12-13,15,17,24H,2-11,14H2,1H3,(H,22,25)(H,26,27)/p-1. The normalized spacial score (nSPS) is 11.8. The third-order valence-electron chi connectivity index (χ3n) is 4.80. The molecule has 0 bridgehead atoms. The molecule has 0 fully saturated rings. The Hall–Kier alpha value is -2.64. The van der Waals surface area contributed by atoms with Gasteiger partial charge >= 0.3 is 5.69 Å². The van der Waals surface area contributed by atoms with Crippen molar-refractivity contribution in [3.05, 3.63) is 33.9 Å². The highest BCUT2D eigenvalue weighted by atomic mass is 16.6. The van der Waals surface area contributed by atoms with Gasteiger partial charge in [-0.15, -0.1) is 0 Å². The zero-order chi connectivity index (χ0) is 21.6. The van der Waals surface area contributed by atoms with E-state index in [1.165, 1.54) is 38.2 Å². The number of carboxylic acids is 1. The molecule has 1 amide bonds. The largest absolute Gasteiger partial charge is 0.548 e. The van der Waals surface area contributed by atoms with Gasteiger partial charge in [0, 0.05) is 12.5 Å². The minimum Gasteiger partial charge on any atom is -0.548 e. The van der Waals surface area contributed by atoms with Crippen LogP contribution in [0.15, 0.2) is 18.2 Å². The van der Waals surface area contributed by atoms with Gasteiger partial charge in [-0.25, -0.2) is 0 Å². The molecule has 1 aromatic carbocycles. The lowest BCUT2D eigenvalue weighted by Crippen LogP contribution is -2.49. The molecule has 0 aromatic heterocycles. The summed E-state index contributed by atoms with van der Waals surface area (Å²) in [6.07, 6.45) is 10.1. The van der Waals surface area contributed by atoms with Gasteiger partial charge in [0.25, 0.3) is 0 Å². The number of hydrogen-bond donors (Lipinski definition) is 2. The number of carboxylic acid groups (broad SMARTS) is 1. The van der Waals surface area contributed by atoms with E-state index in [-0.39, 0.29) is 18.7 Å². The second kappa shape index (κ2) is 13.5. The van der Waals surface area contributed by atoms with E-state index in [1.807, 2.05) is 0 Å². The fourth-order valence-electron chi connectivity index (χ4n) is 3.13. The van der Waals surface area contributed by atoms with Crippen molar-refractivity contribution >= 4 is 17.6 Å². The first-order valence-corrected chi connectivity index (χ1v) is 10.3. The number of nitro groups is 1. The number of carbonyl (C=O) groups is 2. The molecular weight excluding hydrogens is 376 g/mol. The summed E-state index contributed by atoms with van der Waals surface area (Å²) in [5.74, 6) is -2.34. The number of unbranched alkanes of at least 4 members (excludes halogenated alkanes) is 8. The maximum Gasteiger partial charge on any atom is 0.310 e. The van der Waals surface area contributed by atoms with E-state index in [1.54, 1.807) is 0 Å². The van der Waals surface area contributed by atoms with Crippen LogP contribution in [0.3, 0.4) is 0 Å². The van der Waals surface area contributed by atoms with E-state index in [0.29, 0.717) is 12.0 Å². The quantitative estimate of drug-likeness (QED) is 0.261. The van der Waals surface area contributed by atoms with Crippen LogP contribution in [0, 0.1) is 10.1 Å². The van der Waals surface area contributed by atoms with Crippen molar-refractivity contribution < 1.29 is 24.7 Å². The van der Waals surface area contributed by atoms with E-state index in [4.69, 9.17) is 0 Å². The Kier molecular flexibility index (Phi) is 11.4. The predicted octanol–water partition coefficient (Wildman–Crippen LogP) is 3.00. The van der Waals surface area contributed by atoms with Crippen LogP contribution in [-0.4, -0.2) is 27.9 Å². The summed E-state index contributed by atoms with van der Waals surface area (Å²) in [4.78, 5) is 33.5. The summed E-state index contributed by atoms with van der Waals surface area (Å²) in [5, 5.41) is 34.1. The topological polar surface area (TPSA) is 133 Å². The highest BCUT2D eigenvalue weighted by Gasteiger charge is 2.18. The number of aliphatic carboxylic acids is 1. The van der Waals surface area contributed by atoms with Gasteiger partial charge in [-0.3, -0.25) is 14.9 Å². The Morgan fingerprint density at radius 2 is 1.66 bits per heavy atom. The Morgan fingerprint density at radius 3 is 2.21 bits per heavy atom. The van der Waals surface area contributed by atoms with Gasteiger partial charge in [-0.2, -0.15) is 0 Å². The summed E-state index contributed by atoms with van der Waals surface area (Å²) in [6.45, 7) is 2.19. The SMILES string of the molecule is CCCCCCCCCCCC(=O)NC(Cc1ccc(O)c([N+](=O)[O-])c1)C(=O)[O-]. The fourth-order valence-corrected chi connectivity index (χ4v) is 3.13. The van der Waals surface area contributed by atoms with Crippen LogP contribution in [-0.2, 0) is 16.0 Å². The summed E-state index contributed by atoms with van der Waals surface area (Å²) >= 11 is 0. The Balaban J connectivity index is 2.38. The number of aromatic hydroxyl groups is 1. The van der Waals surface area contributed by atoms with Crippen molar-refractivity contribution in [1.82, 2.24) is 5.32 Å². The molecule has 0 saturated heterocycles. The van der Waals surface area contributed by atoms with Gasteiger partial charge in [-0.1, -0.05) is 64.4 Å². The lowest BCUT2D eigenvalue weighted by atomic mass is 10.0. The summed E-state index contributed by atoms with van der Waals surface area (Å²) in [6, 6.07) is 2.32. The minimum atomic E-state index is -1.46. The van der Waals surface area contributed by atoms with Crippen LogP contribution in [0.2, 0.25) is 0 Å². The molecule has 1 aromatic rings. The Bertz CT molecular complexity index is 677. The van der Waals surface area contributed by atoms with Gasteiger partial charge < -0.3 is 20.3 Å². The maximum atomic E-state index is 12.0. The second-order valence-electron chi connectivity index (χ2n) is 7.30. The molecular formula is C21H31N2O6-. The molecule has 1 unspecified atom stereocenters. The zero-order valence-corrected chi connectivity index (χ0v) is 17.0. The van der Waals surface area contributed by atoms with Crippen molar-refractivity contribution in [3.8, 4) is 5.75 Å². The molecule has 2 N–H and O–H groups in total. The molecule has 0 aliphatic heterocycles. The number of amides is 1. The number of benzene rings is 1. The van der Waals surface area contributed by atoms with Crippen LogP contribution in [0.25, 0.3) is 0 Å². The number of nitro benzene ring substituents is 1. The zero-order valence-electron chi connectivity index (χ0n) is 17.0. The predicted molar refractivity (Wildman–Crippen MR) is 107 cm³/mol. The van der Waals surface area contributed by atoms with Crippen molar-refractivity contribution in [2.45, 2.75) is 83.6 Å². The molecule has 0 saturated carbocycles. The molecule has 162 valence electrons. The number of phenols is 1. The molecule has 1 atom stereocenters. The molecule has 8 nitrogen and oxygen atoms in total. The number of nitrogens with one attached hydrogen (secondary N) is 1. The van der Waals surface area contributed by atoms with E-state index in [2.05, 4.69) is 12.2 Å². The number of hydrogen-bond acceptors (Lipinski definition) is 6. The van der Waals surface area contributed by atoms with Gasteiger partial charge in [-0.05, 0) is 24.5 Å². The first-order valence-electron chi connectivity index (χ1n) is 10.3.